The second-order valence-corrected chi connectivity index (χ2v) is 4.79. The van der Waals surface area contributed by atoms with Gasteiger partial charge in [-0.2, -0.15) is 0 Å². The van der Waals surface area contributed by atoms with Crippen LogP contribution in [0.3, 0.4) is 0 Å². The SMILES string of the molecule is Cn1c(/N=N/c2nncs2)c(-c2ccccc2)[nH]c1=O. The Balaban J connectivity index is 2.08. The molecule has 100 valence electrons. The molecule has 0 aliphatic heterocycles. The van der Waals surface area contributed by atoms with Crippen molar-refractivity contribution in [2.45, 2.75) is 0 Å². The second-order valence-electron chi connectivity index (χ2n) is 3.98. The predicted octanol–water partition coefficient (Wildman–Crippen LogP) is 2.65. The molecule has 3 rings (SSSR count). The van der Waals surface area contributed by atoms with Gasteiger partial charge in [0.1, 0.15) is 5.51 Å². The van der Waals surface area contributed by atoms with E-state index in [2.05, 4.69) is 25.4 Å². The first-order valence-electron chi connectivity index (χ1n) is 5.78. The Labute approximate surface area is 117 Å². The minimum atomic E-state index is -0.241. The molecule has 0 aliphatic rings. The molecule has 1 aromatic carbocycles. The summed E-state index contributed by atoms with van der Waals surface area (Å²) in [6.45, 7) is 0. The highest BCUT2D eigenvalue weighted by atomic mass is 32.1. The van der Waals surface area contributed by atoms with Crippen molar-refractivity contribution >= 4 is 22.3 Å². The molecule has 1 N–H and O–H groups in total. The van der Waals surface area contributed by atoms with E-state index in [4.69, 9.17) is 0 Å². The Hall–Kier alpha value is -2.61. The molecule has 0 atom stereocenters. The van der Waals surface area contributed by atoms with E-state index in [1.54, 1.807) is 12.6 Å². The van der Waals surface area contributed by atoms with Gasteiger partial charge in [0.05, 0.1) is 5.69 Å². The summed E-state index contributed by atoms with van der Waals surface area (Å²) in [5.41, 5.74) is 2.83. The Bertz CT molecular complexity index is 787. The monoisotopic (exact) mass is 286 g/mol. The summed E-state index contributed by atoms with van der Waals surface area (Å²) in [4.78, 5) is 14.6. The Morgan fingerprint density at radius 1 is 1.25 bits per heavy atom. The summed E-state index contributed by atoms with van der Waals surface area (Å²) in [6, 6.07) is 9.50. The quantitative estimate of drug-likeness (QED) is 0.751. The number of aromatic nitrogens is 4. The number of nitrogens with one attached hydrogen (secondary N) is 1. The number of imidazole rings is 1. The lowest BCUT2D eigenvalue weighted by Gasteiger charge is -1.99. The molecule has 0 spiro atoms. The minimum Gasteiger partial charge on any atom is -0.304 e. The van der Waals surface area contributed by atoms with Crippen LogP contribution < -0.4 is 5.69 Å². The fourth-order valence-electron chi connectivity index (χ4n) is 1.73. The van der Waals surface area contributed by atoms with Crippen molar-refractivity contribution < 1.29 is 0 Å². The van der Waals surface area contributed by atoms with Gasteiger partial charge in [-0.15, -0.1) is 20.4 Å². The van der Waals surface area contributed by atoms with Gasteiger partial charge in [-0.05, 0) is 0 Å². The van der Waals surface area contributed by atoms with Crippen LogP contribution >= 0.6 is 11.3 Å². The van der Waals surface area contributed by atoms with Crippen LogP contribution in [-0.2, 0) is 7.05 Å². The number of H-pyrrole nitrogens is 1. The van der Waals surface area contributed by atoms with Crippen molar-refractivity contribution in [1.82, 2.24) is 19.7 Å². The highest BCUT2D eigenvalue weighted by Gasteiger charge is 2.12. The molecule has 0 amide bonds. The highest BCUT2D eigenvalue weighted by Crippen LogP contribution is 2.28. The maximum absolute atomic E-state index is 11.8. The predicted molar refractivity (Wildman–Crippen MR) is 75.6 cm³/mol. The van der Waals surface area contributed by atoms with E-state index in [1.165, 1.54) is 15.9 Å². The summed E-state index contributed by atoms with van der Waals surface area (Å²) < 4.78 is 1.41. The van der Waals surface area contributed by atoms with Crippen molar-refractivity contribution in [3.63, 3.8) is 0 Å². The van der Waals surface area contributed by atoms with Crippen LogP contribution in [0.2, 0.25) is 0 Å². The molecule has 20 heavy (non-hydrogen) atoms. The van der Waals surface area contributed by atoms with Gasteiger partial charge in [-0.1, -0.05) is 41.7 Å². The molecule has 0 fully saturated rings. The standard InChI is InChI=1S/C12H10N6OS/c1-18-10(15-17-11-16-13-7-20-11)9(14-12(18)19)8-5-3-2-4-6-8/h2-7H,1H3,(H,14,19)/b17-15+. The smallest absolute Gasteiger partial charge is 0.304 e. The van der Waals surface area contributed by atoms with E-state index in [1.807, 2.05) is 30.3 Å². The molecule has 7 nitrogen and oxygen atoms in total. The van der Waals surface area contributed by atoms with Crippen molar-refractivity contribution in [2.75, 3.05) is 0 Å². The van der Waals surface area contributed by atoms with Gasteiger partial charge < -0.3 is 4.98 Å². The van der Waals surface area contributed by atoms with Gasteiger partial charge in [0.2, 0.25) is 0 Å². The normalized spacial score (nSPS) is 11.2. The average Bonchev–Trinajstić information content (AvgIpc) is 3.08. The first-order valence-corrected chi connectivity index (χ1v) is 6.66. The molecule has 2 heterocycles. The van der Waals surface area contributed by atoms with E-state index in [0.717, 1.165) is 5.56 Å². The van der Waals surface area contributed by atoms with Crippen molar-refractivity contribution in [1.29, 1.82) is 0 Å². The summed E-state index contributed by atoms with van der Waals surface area (Å²) >= 11 is 1.28. The molecule has 2 aromatic heterocycles. The molecular weight excluding hydrogens is 276 g/mol. The molecule has 0 aliphatic carbocycles. The molecule has 0 saturated carbocycles. The number of rotatable bonds is 3. The average molecular weight is 286 g/mol. The molecule has 0 unspecified atom stereocenters. The van der Waals surface area contributed by atoms with Crippen LogP contribution in [0.25, 0.3) is 11.3 Å². The van der Waals surface area contributed by atoms with Gasteiger partial charge in [0.25, 0.3) is 5.13 Å². The summed E-state index contributed by atoms with van der Waals surface area (Å²) in [5, 5.41) is 16.0. The Kier molecular flexibility index (Phi) is 3.21. The zero-order valence-corrected chi connectivity index (χ0v) is 11.3. The lowest BCUT2D eigenvalue weighted by atomic mass is 10.1. The van der Waals surface area contributed by atoms with Crippen LogP contribution in [0.4, 0.5) is 10.9 Å². The van der Waals surface area contributed by atoms with Gasteiger partial charge in [0.15, 0.2) is 5.82 Å². The maximum Gasteiger partial charge on any atom is 0.327 e. The van der Waals surface area contributed by atoms with Crippen LogP contribution in [0, 0.1) is 0 Å². The Morgan fingerprint density at radius 3 is 2.75 bits per heavy atom. The van der Waals surface area contributed by atoms with Gasteiger partial charge in [-0.3, -0.25) is 4.57 Å². The summed E-state index contributed by atoms with van der Waals surface area (Å²) in [6.07, 6.45) is 0. The molecule has 8 heteroatoms. The topological polar surface area (TPSA) is 88.3 Å². The molecule has 3 aromatic rings. The third kappa shape index (κ3) is 2.28. The van der Waals surface area contributed by atoms with Crippen molar-refractivity contribution in [3.8, 4) is 11.3 Å². The number of aromatic amines is 1. The fourth-order valence-corrected chi connectivity index (χ4v) is 2.11. The van der Waals surface area contributed by atoms with Gasteiger partial charge in [-0.25, -0.2) is 4.79 Å². The van der Waals surface area contributed by atoms with Crippen molar-refractivity contribution in [3.05, 3.63) is 46.3 Å². The summed E-state index contributed by atoms with van der Waals surface area (Å²) in [5.74, 6) is 0.455. The largest absolute Gasteiger partial charge is 0.327 e. The first-order chi connectivity index (χ1) is 9.75. The Morgan fingerprint density at radius 2 is 2.05 bits per heavy atom. The van der Waals surface area contributed by atoms with E-state index < -0.39 is 0 Å². The highest BCUT2D eigenvalue weighted by molar-refractivity contribution is 7.13. The fraction of sp³-hybridized carbons (Fsp3) is 0.0833. The zero-order chi connectivity index (χ0) is 13.9. The molecular formula is C12H10N6OS. The van der Waals surface area contributed by atoms with Crippen molar-refractivity contribution in [2.24, 2.45) is 17.3 Å². The number of azo groups is 1. The number of hydrogen-bond acceptors (Lipinski definition) is 6. The minimum absolute atomic E-state index is 0.241. The maximum atomic E-state index is 11.8. The van der Waals surface area contributed by atoms with E-state index in [9.17, 15) is 4.79 Å². The molecule has 0 bridgehead atoms. The number of hydrogen-bond donors (Lipinski definition) is 1. The first kappa shape index (κ1) is 12.4. The number of nitrogens with zero attached hydrogens (tertiary/aromatic N) is 5. The third-order valence-electron chi connectivity index (χ3n) is 2.72. The van der Waals surface area contributed by atoms with E-state index >= 15 is 0 Å². The van der Waals surface area contributed by atoms with Crippen LogP contribution in [-0.4, -0.2) is 19.7 Å². The molecule has 0 saturated heterocycles. The lowest BCUT2D eigenvalue weighted by Crippen LogP contribution is -2.11. The summed E-state index contributed by atoms with van der Waals surface area (Å²) in [7, 11) is 1.64. The van der Waals surface area contributed by atoms with E-state index in [-0.39, 0.29) is 5.69 Å². The van der Waals surface area contributed by atoms with Crippen LogP contribution in [0.15, 0.2) is 50.9 Å². The van der Waals surface area contributed by atoms with Gasteiger partial charge in [0, 0.05) is 12.6 Å². The molecule has 0 radical (unpaired) electrons. The third-order valence-corrected chi connectivity index (χ3v) is 3.29. The second kappa shape index (κ2) is 5.17. The zero-order valence-electron chi connectivity index (χ0n) is 10.5. The van der Waals surface area contributed by atoms with E-state index in [0.29, 0.717) is 16.6 Å². The van der Waals surface area contributed by atoms with Crippen LogP contribution in [0.1, 0.15) is 0 Å². The lowest BCUT2D eigenvalue weighted by molar-refractivity contribution is 0.852. The van der Waals surface area contributed by atoms with Crippen LogP contribution in [0.5, 0.6) is 0 Å². The van der Waals surface area contributed by atoms with Gasteiger partial charge >= 0.3 is 5.69 Å². The number of benzene rings is 1.